The summed E-state index contributed by atoms with van der Waals surface area (Å²) in [7, 11) is -3.15. The number of hydrogen-bond acceptors (Lipinski definition) is 4. The lowest BCUT2D eigenvalue weighted by Gasteiger charge is -2.08. The van der Waals surface area contributed by atoms with Crippen LogP contribution in [-0.4, -0.2) is 35.9 Å². The first-order chi connectivity index (χ1) is 8.91. The van der Waals surface area contributed by atoms with Crippen LogP contribution in [0.3, 0.4) is 0 Å². The quantitative estimate of drug-likeness (QED) is 0.879. The van der Waals surface area contributed by atoms with E-state index >= 15 is 0 Å². The number of sulfone groups is 1. The zero-order chi connectivity index (χ0) is 14.0. The van der Waals surface area contributed by atoms with Gasteiger partial charge in [0, 0.05) is 18.1 Å². The highest BCUT2D eigenvalue weighted by Crippen LogP contribution is 2.11. The molecule has 1 N–H and O–H groups in total. The Hall–Kier alpha value is -1.63. The highest BCUT2D eigenvalue weighted by atomic mass is 32.2. The van der Waals surface area contributed by atoms with E-state index in [2.05, 4.69) is 10.4 Å². The molecule has 0 radical (unpaired) electrons. The molecule has 1 amide bonds. The summed E-state index contributed by atoms with van der Waals surface area (Å²) in [5.41, 5.74) is 1.14. The Kier molecular flexibility index (Phi) is 3.75. The monoisotopic (exact) mass is 283 g/mol. The molecule has 0 saturated carbocycles. The fourth-order valence-electron chi connectivity index (χ4n) is 2.00. The lowest BCUT2D eigenvalue weighted by Crippen LogP contribution is -2.35. The van der Waals surface area contributed by atoms with Crippen LogP contribution in [0.4, 0.5) is 0 Å². The average molecular weight is 283 g/mol. The molecule has 0 aliphatic carbocycles. The molecule has 6 nitrogen and oxygen atoms in total. The normalized spacial score (nSPS) is 20.6. The molecule has 1 aliphatic rings. The smallest absolute Gasteiger partial charge is 0.255 e. The molecule has 1 aromatic rings. The predicted octanol–water partition coefficient (Wildman–Crippen LogP) is 0.642. The third-order valence-corrected chi connectivity index (χ3v) is 4.29. The highest BCUT2D eigenvalue weighted by molar-refractivity contribution is 7.94. The molecule has 0 bridgehead atoms. The van der Waals surface area contributed by atoms with E-state index in [-0.39, 0.29) is 11.7 Å². The van der Waals surface area contributed by atoms with Gasteiger partial charge in [-0.1, -0.05) is 6.92 Å². The van der Waals surface area contributed by atoms with Gasteiger partial charge in [0.05, 0.1) is 23.1 Å². The summed E-state index contributed by atoms with van der Waals surface area (Å²) in [4.78, 5) is 12.1. The van der Waals surface area contributed by atoms with E-state index in [1.165, 1.54) is 6.08 Å². The van der Waals surface area contributed by atoms with Crippen molar-refractivity contribution in [2.45, 2.75) is 32.9 Å². The van der Waals surface area contributed by atoms with Gasteiger partial charge in [-0.3, -0.25) is 9.48 Å². The fourth-order valence-corrected chi connectivity index (χ4v) is 3.23. The first kappa shape index (κ1) is 13.8. The van der Waals surface area contributed by atoms with E-state index < -0.39 is 15.9 Å². The number of nitrogens with zero attached hydrogens (tertiary/aromatic N) is 2. The van der Waals surface area contributed by atoms with Crippen molar-refractivity contribution in [1.82, 2.24) is 15.1 Å². The zero-order valence-corrected chi connectivity index (χ0v) is 11.8. The van der Waals surface area contributed by atoms with Gasteiger partial charge in [-0.25, -0.2) is 8.42 Å². The van der Waals surface area contributed by atoms with Crippen LogP contribution in [0.2, 0.25) is 0 Å². The molecule has 2 heterocycles. The molecule has 1 aromatic heterocycles. The van der Waals surface area contributed by atoms with E-state index in [9.17, 15) is 13.2 Å². The molecule has 1 aliphatic heterocycles. The molecule has 0 aromatic carbocycles. The van der Waals surface area contributed by atoms with Crippen LogP contribution in [0.5, 0.6) is 0 Å². The number of nitrogens with one attached hydrogen (secondary N) is 1. The third kappa shape index (κ3) is 3.23. The Morgan fingerprint density at radius 3 is 2.89 bits per heavy atom. The number of carbonyl (C=O) groups excluding carboxylic acids is 1. The molecule has 1 atom stereocenters. The molecule has 0 unspecified atom stereocenters. The molecule has 7 heteroatoms. The first-order valence-electron chi connectivity index (χ1n) is 6.17. The van der Waals surface area contributed by atoms with Crippen molar-refractivity contribution >= 4 is 15.7 Å². The van der Waals surface area contributed by atoms with Crippen LogP contribution in [0.25, 0.3) is 0 Å². The number of amides is 1. The summed E-state index contributed by atoms with van der Waals surface area (Å²) in [6, 6.07) is -0.452. The van der Waals surface area contributed by atoms with Crippen molar-refractivity contribution in [2.75, 3.05) is 5.75 Å². The van der Waals surface area contributed by atoms with Crippen molar-refractivity contribution in [3.63, 3.8) is 0 Å². The SMILES string of the molecule is CCCn1cc(C(=O)N[C@@H]2C=CS(=O)(=O)C2)c(C)n1. The second-order valence-electron chi connectivity index (χ2n) is 4.63. The second-order valence-corrected chi connectivity index (χ2v) is 6.56. The average Bonchev–Trinajstić information content (AvgIpc) is 2.82. The van der Waals surface area contributed by atoms with Gasteiger partial charge in [-0.05, 0) is 19.4 Å². The Labute approximate surface area is 112 Å². The van der Waals surface area contributed by atoms with Crippen LogP contribution >= 0.6 is 0 Å². The minimum Gasteiger partial charge on any atom is -0.345 e. The summed E-state index contributed by atoms with van der Waals surface area (Å²) >= 11 is 0. The van der Waals surface area contributed by atoms with E-state index in [4.69, 9.17) is 0 Å². The van der Waals surface area contributed by atoms with Crippen LogP contribution in [0, 0.1) is 6.92 Å². The van der Waals surface area contributed by atoms with Gasteiger partial charge in [0.1, 0.15) is 0 Å². The second kappa shape index (κ2) is 5.16. The number of carbonyl (C=O) groups is 1. The molecule has 0 spiro atoms. The topological polar surface area (TPSA) is 81.1 Å². The summed E-state index contributed by atoms with van der Waals surface area (Å²) in [6.07, 6.45) is 4.13. The van der Waals surface area contributed by atoms with Crippen LogP contribution < -0.4 is 5.32 Å². The van der Waals surface area contributed by atoms with Crippen molar-refractivity contribution in [2.24, 2.45) is 0 Å². The molecule has 104 valence electrons. The summed E-state index contributed by atoms with van der Waals surface area (Å²) in [6.45, 7) is 4.55. The molecule has 2 rings (SSSR count). The number of aryl methyl sites for hydroxylation is 2. The van der Waals surface area contributed by atoms with E-state index in [1.807, 2.05) is 6.92 Å². The maximum absolute atomic E-state index is 12.1. The summed E-state index contributed by atoms with van der Waals surface area (Å²) in [5.74, 6) is -0.354. The number of rotatable bonds is 4. The van der Waals surface area contributed by atoms with Crippen molar-refractivity contribution < 1.29 is 13.2 Å². The van der Waals surface area contributed by atoms with Crippen LogP contribution in [0.1, 0.15) is 29.4 Å². The van der Waals surface area contributed by atoms with E-state index in [0.29, 0.717) is 11.3 Å². The molecular weight excluding hydrogens is 266 g/mol. The molecule has 19 heavy (non-hydrogen) atoms. The van der Waals surface area contributed by atoms with Gasteiger partial charge in [-0.15, -0.1) is 0 Å². The largest absolute Gasteiger partial charge is 0.345 e. The molecule has 0 fully saturated rings. The lowest BCUT2D eigenvalue weighted by atomic mass is 10.2. The van der Waals surface area contributed by atoms with Gasteiger partial charge < -0.3 is 5.32 Å². The van der Waals surface area contributed by atoms with Gasteiger partial charge >= 0.3 is 0 Å². The fraction of sp³-hybridized carbons (Fsp3) is 0.500. The van der Waals surface area contributed by atoms with Crippen molar-refractivity contribution in [1.29, 1.82) is 0 Å². The minimum atomic E-state index is -3.15. The van der Waals surface area contributed by atoms with E-state index in [0.717, 1.165) is 18.4 Å². The van der Waals surface area contributed by atoms with Gasteiger partial charge in [0.25, 0.3) is 5.91 Å². The molecule has 0 saturated heterocycles. The molecular formula is C12H17N3O3S. The maximum Gasteiger partial charge on any atom is 0.255 e. The van der Waals surface area contributed by atoms with Gasteiger partial charge in [-0.2, -0.15) is 5.10 Å². The van der Waals surface area contributed by atoms with Crippen molar-refractivity contribution in [3.8, 4) is 0 Å². The van der Waals surface area contributed by atoms with E-state index in [1.54, 1.807) is 17.8 Å². The highest BCUT2D eigenvalue weighted by Gasteiger charge is 2.24. The first-order valence-corrected chi connectivity index (χ1v) is 7.88. The minimum absolute atomic E-state index is 0.0686. The van der Waals surface area contributed by atoms with Gasteiger partial charge in [0.15, 0.2) is 9.84 Å². The Bertz CT molecular complexity index is 616. The Morgan fingerprint density at radius 2 is 2.32 bits per heavy atom. The summed E-state index contributed by atoms with van der Waals surface area (Å²) in [5, 5.41) is 8.08. The Balaban J connectivity index is 2.06. The lowest BCUT2D eigenvalue weighted by molar-refractivity contribution is 0.0947. The van der Waals surface area contributed by atoms with Crippen molar-refractivity contribution in [3.05, 3.63) is 28.9 Å². The predicted molar refractivity (Wildman–Crippen MR) is 71.4 cm³/mol. The van der Waals surface area contributed by atoms with Crippen LogP contribution in [0.15, 0.2) is 17.7 Å². The Morgan fingerprint density at radius 1 is 1.58 bits per heavy atom. The standard InChI is InChI=1S/C12H17N3O3S/c1-3-5-15-7-11(9(2)14-15)12(16)13-10-4-6-19(17,18)8-10/h4,6-7,10H,3,5,8H2,1-2H3,(H,13,16)/t10-/m1/s1. The number of aromatic nitrogens is 2. The summed E-state index contributed by atoms with van der Waals surface area (Å²) < 4.78 is 24.2. The zero-order valence-electron chi connectivity index (χ0n) is 11.0. The number of hydrogen-bond donors (Lipinski definition) is 1. The third-order valence-electron chi connectivity index (χ3n) is 2.89. The maximum atomic E-state index is 12.1. The van der Waals surface area contributed by atoms with Crippen LogP contribution in [-0.2, 0) is 16.4 Å². The van der Waals surface area contributed by atoms with Gasteiger partial charge in [0.2, 0.25) is 0 Å².